The Morgan fingerprint density at radius 2 is 2.12 bits per heavy atom. The lowest BCUT2D eigenvalue weighted by Crippen LogP contribution is -2.11. The number of thioether (sulfide) groups is 1. The lowest BCUT2D eigenvalue weighted by molar-refractivity contribution is 0.0518. The number of carbonyl (C=O) groups is 1. The van der Waals surface area contributed by atoms with E-state index in [1.165, 1.54) is 16.4 Å². The molecule has 0 saturated carbocycles. The number of hydrogen-bond acceptors (Lipinski definition) is 12. The molecule has 1 aromatic carbocycles. The van der Waals surface area contributed by atoms with Crippen molar-refractivity contribution in [2.75, 3.05) is 12.3 Å². The molecule has 4 heterocycles. The van der Waals surface area contributed by atoms with Crippen LogP contribution >= 0.6 is 11.8 Å². The Morgan fingerprint density at radius 1 is 1.26 bits per heavy atom. The number of nitrogen functional groups attached to an aromatic ring is 1. The fraction of sp³-hybridized carbons (Fsp3) is 0.200. The van der Waals surface area contributed by atoms with Crippen molar-refractivity contribution in [2.45, 2.75) is 24.4 Å². The first-order chi connectivity index (χ1) is 16.6. The Hall–Kier alpha value is -4.33. The number of nitrogens with zero attached hydrogens (tertiary/aromatic N) is 9. The van der Waals surface area contributed by atoms with Crippen LogP contribution in [0.25, 0.3) is 27.9 Å². The number of benzene rings is 1. The highest BCUT2D eigenvalue weighted by atomic mass is 32.2. The number of hydrogen-bond donors (Lipinski definition) is 1. The van der Waals surface area contributed by atoms with Gasteiger partial charge < -0.3 is 15.0 Å². The highest BCUT2D eigenvalue weighted by Gasteiger charge is 2.25. The second-order valence-corrected chi connectivity index (χ2v) is 7.90. The highest BCUT2D eigenvalue weighted by molar-refractivity contribution is 7.98. The molecule has 0 aliphatic rings. The molecule has 5 aromatic rings. The van der Waals surface area contributed by atoms with Gasteiger partial charge in [-0.05, 0) is 23.3 Å². The molecular formula is C20H18N10O3S. The third-order valence-electron chi connectivity index (χ3n) is 4.93. The maximum absolute atomic E-state index is 12.4. The fourth-order valence-electron chi connectivity index (χ4n) is 3.49. The first kappa shape index (κ1) is 21.5. The van der Waals surface area contributed by atoms with Crippen LogP contribution in [0.15, 0.2) is 46.7 Å². The molecule has 14 heteroatoms. The summed E-state index contributed by atoms with van der Waals surface area (Å²) in [6, 6.07) is 7.88. The molecule has 0 fully saturated rings. The Balaban J connectivity index is 1.53. The fourth-order valence-corrected chi connectivity index (χ4v) is 4.27. The van der Waals surface area contributed by atoms with E-state index in [4.69, 9.17) is 15.5 Å². The molecule has 0 saturated heterocycles. The number of aromatic nitrogens is 9. The van der Waals surface area contributed by atoms with Crippen LogP contribution in [0, 0.1) is 0 Å². The average Bonchev–Trinajstić information content (AvgIpc) is 3.54. The Morgan fingerprint density at radius 3 is 2.88 bits per heavy atom. The molecule has 5 rings (SSSR count). The van der Waals surface area contributed by atoms with Crippen LogP contribution in [-0.4, -0.2) is 57.6 Å². The van der Waals surface area contributed by atoms with Crippen molar-refractivity contribution in [3.8, 4) is 5.82 Å². The Labute approximate surface area is 195 Å². The van der Waals surface area contributed by atoms with Crippen molar-refractivity contribution in [3.63, 3.8) is 0 Å². The van der Waals surface area contributed by atoms with E-state index in [9.17, 15) is 4.79 Å². The quantitative estimate of drug-likeness (QED) is 0.196. The molecule has 0 aliphatic carbocycles. The van der Waals surface area contributed by atoms with Gasteiger partial charge in [0.25, 0.3) is 0 Å². The number of ether oxygens (including phenoxy) is 1. The van der Waals surface area contributed by atoms with Gasteiger partial charge in [-0.1, -0.05) is 41.3 Å². The molecular weight excluding hydrogens is 460 g/mol. The molecule has 0 aliphatic heterocycles. The van der Waals surface area contributed by atoms with E-state index in [2.05, 4.69) is 42.0 Å². The van der Waals surface area contributed by atoms with Crippen molar-refractivity contribution in [2.24, 2.45) is 0 Å². The van der Waals surface area contributed by atoms with Gasteiger partial charge in [-0.3, -0.25) is 0 Å². The van der Waals surface area contributed by atoms with Gasteiger partial charge >= 0.3 is 5.97 Å². The summed E-state index contributed by atoms with van der Waals surface area (Å²) in [5.74, 6) is -0.318. The van der Waals surface area contributed by atoms with Crippen LogP contribution in [0.1, 0.15) is 23.1 Å². The zero-order valence-electron chi connectivity index (χ0n) is 18.0. The summed E-state index contributed by atoms with van der Waals surface area (Å²) in [7, 11) is 0. The van der Waals surface area contributed by atoms with Crippen molar-refractivity contribution in [1.29, 1.82) is 0 Å². The average molecular weight is 478 g/mol. The minimum atomic E-state index is -0.625. The summed E-state index contributed by atoms with van der Waals surface area (Å²) in [5, 5.41) is 25.3. The second kappa shape index (κ2) is 8.90. The van der Waals surface area contributed by atoms with E-state index in [1.54, 1.807) is 13.0 Å². The summed E-state index contributed by atoms with van der Waals surface area (Å²) < 4.78 is 13.1. The number of fused-ring (bicyclic) bond motifs is 3. The lowest BCUT2D eigenvalue weighted by Gasteiger charge is -2.06. The molecule has 0 amide bonds. The molecule has 34 heavy (non-hydrogen) atoms. The van der Waals surface area contributed by atoms with Gasteiger partial charge in [0.15, 0.2) is 11.3 Å². The molecule has 0 atom stereocenters. The largest absolute Gasteiger partial charge is 0.461 e. The SMILES string of the molecule is C=CCn1c2ccccc2c2nnc(SCc3c(C(=O)OCC)nnn3-c3nonc3N)nc21. The number of nitrogens with two attached hydrogens (primary N) is 1. The summed E-state index contributed by atoms with van der Waals surface area (Å²) >= 11 is 1.24. The number of rotatable bonds is 8. The maximum Gasteiger partial charge on any atom is 0.360 e. The van der Waals surface area contributed by atoms with Crippen LogP contribution < -0.4 is 5.73 Å². The van der Waals surface area contributed by atoms with Gasteiger partial charge in [-0.25, -0.2) is 14.4 Å². The van der Waals surface area contributed by atoms with Crippen LogP contribution in [0.2, 0.25) is 0 Å². The highest BCUT2D eigenvalue weighted by Crippen LogP contribution is 2.29. The number of carbonyl (C=O) groups excluding carboxylic acids is 1. The van der Waals surface area contributed by atoms with Crippen LogP contribution in [0.5, 0.6) is 0 Å². The van der Waals surface area contributed by atoms with E-state index in [1.807, 2.05) is 28.8 Å². The molecule has 13 nitrogen and oxygen atoms in total. The van der Waals surface area contributed by atoms with E-state index < -0.39 is 5.97 Å². The topological polar surface area (TPSA) is 166 Å². The first-order valence-electron chi connectivity index (χ1n) is 10.2. The van der Waals surface area contributed by atoms with Crippen molar-refractivity contribution >= 4 is 45.6 Å². The molecule has 0 bridgehead atoms. The predicted molar refractivity (Wildman–Crippen MR) is 122 cm³/mol. The number of anilines is 1. The zero-order valence-corrected chi connectivity index (χ0v) is 18.8. The molecule has 2 N–H and O–H groups in total. The minimum absolute atomic E-state index is 0.000150. The number of allylic oxidation sites excluding steroid dienone is 1. The first-order valence-corrected chi connectivity index (χ1v) is 11.2. The summed E-state index contributed by atoms with van der Waals surface area (Å²) in [5.41, 5.74) is 8.57. The van der Waals surface area contributed by atoms with E-state index in [0.29, 0.717) is 28.6 Å². The summed E-state index contributed by atoms with van der Waals surface area (Å²) in [6.45, 7) is 6.30. The summed E-state index contributed by atoms with van der Waals surface area (Å²) in [6.07, 6.45) is 1.80. The van der Waals surface area contributed by atoms with Gasteiger partial charge in [0.2, 0.25) is 16.8 Å². The van der Waals surface area contributed by atoms with Gasteiger partial charge in [0.05, 0.1) is 17.8 Å². The normalized spacial score (nSPS) is 11.3. The van der Waals surface area contributed by atoms with Gasteiger partial charge in [-0.2, -0.15) is 4.68 Å². The van der Waals surface area contributed by atoms with E-state index >= 15 is 0 Å². The smallest absolute Gasteiger partial charge is 0.360 e. The molecule has 172 valence electrons. The van der Waals surface area contributed by atoms with E-state index in [0.717, 1.165) is 10.9 Å². The van der Waals surface area contributed by atoms with Crippen molar-refractivity contribution < 1.29 is 14.2 Å². The third kappa shape index (κ3) is 3.63. The molecule has 0 radical (unpaired) electrons. The molecule has 0 unspecified atom stereocenters. The van der Waals surface area contributed by atoms with Crippen molar-refractivity contribution in [1.82, 2.24) is 45.1 Å². The Bertz CT molecular complexity index is 1520. The number of esters is 1. The van der Waals surface area contributed by atoms with Crippen LogP contribution in [-0.2, 0) is 17.0 Å². The lowest BCUT2D eigenvalue weighted by atomic mass is 10.2. The summed E-state index contributed by atoms with van der Waals surface area (Å²) in [4.78, 5) is 17.2. The standard InChI is InChI=1S/C20H18N10O3S/c1-3-9-29-12-8-6-5-7-11(12)14-17(29)22-20(25-23-14)34-10-13-15(19(31)32-4-2)24-28-30(13)18-16(21)26-33-27-18/h3,5-8H,1,4,9-10H2,2H3,(H2,21,26). The maximum atomic E-state index is 12.4. The van der Waals surface area contributed by atoms with Gasteiger partial charge in [0.1, 0.15) is 5.52 Å². The predicted octanol–water partition coefficient (Wildman–Crippen LogP) is 2.18. The zero-order chi connectivity index (χ0) is 23.7. The minimum Gasteiger partial charge on any atom is -0.461 e. The van der Waals surface area contributed by atoms with Crippen LogP contribution in [0.4, 0.5) is 5.82 Å². The molecule has 4 aromatic heterocycles. The van der Waals surface area contributed by atoms with Crippen LogP contribution in [0.3, 0.4) is 0 Å². The van der Waals surface area contributed by atoms with Crippen molar-refractivity contribution in [3.05, 3.63) is 48.3 Å². The Kier molecular flexibility index (Phi) is 5.63. The van der Waals surface area contributed by atoms with E-state index in [-0.39, 0.29) is 29.7 Å². The third-order valence-corrected chi connectivity index (χ3v) is 5.78. The van der Waals surface area contributed by atoms with Gasteiger partial charge in [-0.15, -0.1) is 21.9 Å². The second-order valence-electron chi connectivity index (χ2n) is 6.96. The number of para-hydroxylation sites is 1. The van der Waals surface area contributed by atoms with Gasteiger partial charge in [0, 0.05) is 17.7 Å². The molecule has 0 spiro atoms. The monoisotopic (exact) mass is 478 g/mol.